The zero-order valence-electron chi connectivity index (χ0n) is 9.26. The van der Waals surface area contributed by atoms with E-state index in [-0.39, 0.29) is 18.3 Å². The molecule has 1 fully saturated rings. The predicted molar refractivity (Wildman–Crippen MR) is 64.6 cm³/mol. The molecule has 1 saturated heterocycles. The van der Waals surface area contributed by atoms with Crippen LogP contribution in [0, 0.1) is 0 Å². The molecular weight excluding hydrogens is 258 g/mol. The quantitative estimate of drug-likeness (QED) is 0.811. The monoisotopic (exact) mass is 274 g/mol. The molecule has 1 aliphatic heterocycles. The van der Waals surface area contributed by atoms with Crippen molar-refractivity contribution in [3.63, 3.8) is 0 Å². The summed E-state index contributed by atoms with van der Waals surface area (Å²) in [5.74, 6) is -3.07. The molecule has 2 N–H and O–H groups in total. The fourth-order valence-electron chi connectivity index (χ4n) is 1.35. The molecule has 0 saturated carbocycles. The maximum atomic E-state index is 12.8. The highest BCUT2D eigenvalue weighted by Gasteiger charge is 2.42. The molecule has 7 heteroatoms. The van der Waals surface area contributed by atoms with Crippen molar-refractivity contribution in [3.05, 3.63) is 0 Å². The van der Waals surface area contributed by atoms with Crippen molar-refractivity contribution in [3.8, 4) is 0 Å². The Bertz CT molecular complexity index is 244. The van der Waals surface area contributed by atoms with Gasteiger partial charge in [0, 0.05) is 18.2 Å². The van der Waals surface area contributed by atoms with E-state index in [0.29, 0.717) is 11.8 Å². The lowest BCUT2D eigenvalue weighted by atomic mass is 10.2. The summed E-state index contributed by atoms with van der Waals surface area (Å²) in [4.78, 5) is 11.4. The van der Waals surface area contributed by atoms with Crippen LogP contribution < -0.4 is 10.6 Å². The minimum absolute atomic E-state index is 0. The Morgan fingerprint density at radius 2 is 2.31 bits per heavy atom. The van der Waals surface area contributed by atoms with Crippen molar-refractivity contribution in [1.82, 2.24) is 10.6 Å². The van der Waals surface area contributed by atoms with Gasteiger partial charge in [0.25, 0.3) is 5.92 Å². The lowest BCUT2D eigenvalue weighted by Crippen LogP contribution is -2.42. The Hall–Kier alpha value is -0.0700. The molecule has 1 aliphatic rings. The number of amides is 1. The number of hydrogen-bond acceptors (Lipinski definition) is 3. The van der Waals surface area contributed by atoms with E-state index in [9.17, 15) is 13.6 Å². The molecule has 1 rings (SSSR count). The van der Waals surface area contributed by atoms with E-state index in [0.717, 1.165) is 0 Å². The zero-order chi connectivity index (χ0) is 11.5. The van der Waals surface area contributed by atoms with Crippen LogP contribution >= 0.6 is 24.2 Å². The van der Waals surface area contributed by atoms with E-state index < -0.39 is 24.9 Å². The Morgan fingerprint density at radius 1 is 1.69 bits per heavy atom. The van der Waals surface area contributed by atoms with Gasteiger partial charge in [0.1, 0.15) is 0 Å². The molecule has 0 bridgehead atoms. The molecule has 2 atom stereocenters. The molecule has 1 heterocycles. The largest absolute Gasteiger partial charge is 0.354 e. The average molecular weight is 275 g/mol. The second-order valence-electron chi connectivity index (χ2n) is 3.79. The Balaban J connectivity index is 0.00000225. The molecular formula is C9H17ClF2N2OS. The fraction of sp³-hybridized carbons (Fsp3) is 0.889. The first-order chi connectivity index (χ1) is 6.94. The van der Waals surface area contributed by atoms with Crippen molar-refractivity contribution < 1.29 is 13.6 Å². The van der Waals surface area contributed by atoms with Gasteiger partial charge in [-0.3, -0.25) is 10.1 Å². The smallest absolute Gasteiger partial charge is 0.262 e. The Morgan fingerprint density at radius 3 is 2.75 bits per heavy atom. The topological polar surface area (TPSA) is 41.1 Å². The number of carbonyl (C=O) groups is 1. The number of hydrogen-bond donors (Lipinski definition) is 2. The van der Waals surface area contributed by atoms with Crippen LogP contribution in [0.1, 0.15) is 13.3 Å². The molecule has 0 spiro atoms. The molecule has 16 heavy (non-hydrogen) atoms. The summed E-state index contributed by atoms with van der Waals surface area (Å²) < 4.78 is 25.5. The van der Waals surface area contributed by atoms with Crippen LogP contribution in [0.3, 0.4) is 0 Å². The van der Waals surface area contributed by atoms with Gasteiger partial charge in [0.05, 0.1) is 12.6 Å². The molecule has 0 aromatic rings. The van der Waals surface area contributed by atoms with Crippen LogP contribution in [0.15, 0.2) is 0 Å². The highest BCUT2D eigenvalue weighted by atomic mass is 35.5. The first-order valence-electron chi connectivity index (χ1n) is 4.86. The maximum absolute atomic E-state index is 12.8. The van der Waals surface area contributed by atoms with E-state index in [1.54, 1.807) is 11.8 Å². The van der Waals surface area contributed by atoms with Crippen LogP contribution in [0.5, 0.6) is 0 Å². The number of halogens is 3. The van der Waals surface area contributed by atoms with Crippen molar-refractivity contribution in [1.29, 1.82) is 0 Å². The van der Waals surface area contributed by atoms with Crippen molar-refractivity contribution in [2.45, 2.75) is 30.6 Å². The second-order valence-corrected chi connectivity index (χ2v) is 5.06. The van der Waals surface area contributed by atoms with Crippen LogP contribution in [0.4, 0.5) is 8.78 Å². The van der Waals surface area contributed by atoms with Gasteiger partial charge in [-0.25, -0.2) is 8.78 Å². The molecule has 96 valence electrons. The van der Waals surface area contributed by atoms with Crippen molar-refractivity contribution in [2.24, 2.45) is 0 Å². The number of alkyl halides is 2. The number of carbonyl (C=O) groups excluding carboxylic acids is 1. The van der Waals surface area contributed by atoms with Gasteiger partial charge in [-0.05, 0) is 6.26 Å². The van der Waals surface area contributed by atoms with Gasteiger partial charge in [-0.2, -0.15) is 11.8 Å². The molecule has 0 radical (unpaired) electrons. The minimum Gasteiger partial charge on any atom is -0.354 e. The third kappa shape index (κ3) is 4.84. The summed E-state index contributed by atoms with van der Waals surface area (Å²) in [6.07, 6.45) is 1.55. The van der Waals surface area contributed by atoms with E-state index in [1.807, 2.05) is 13.2 Å². The molecule has 0 aromatic heterocycles. The molecule has 1 amide bonds. The summed E-state index contributed by atoms with van der Waals surface area (Å²) in [5.41, 5.74) is 0. The van der Waals surface area contributed by atoms with Gasteiger partial charge in [-0.15, -0.1) is 12.4 Å². The van der Waals surface area contributed by atoms with E-state index in [1.165, 1.54) is 0 Å². The van der Waals surface area contributed by atoms with Crippen LogP contribution in [-0.2, 0) is 4.79 Å². The Labute approximate surface area is 105 Å². The summed E-state index contributed by atoms with van der Waals surface area (Å²) in [6.45, 7) is 2.09. The summed E-state index contributed by atoms with van der Waals surface area (Å²) in [7, 11) is 0. The minimum atomic E-state index is -2.74. The highest BCUT2D eigenvalue weighted by Crippen LogP contribution is 2.24. The van der Waals surface area contributed by atoms with Crippen LogP contribution in [0.25, 0.3) is 0 Å². The normalized spacial score (nSPS) is 24.6. The second kappa shape index (κ2) is 6.61. The molecule has 0 aliphatic carbocycles. The first-order valence-corrected chi connectivity index (χ1v) is 6.15. The number of nitrogens with one attached hydrogen (secondary N) is 2. The number of rotatable bonds is 4. The SMILES string of the molecule is CSC(C)CNC(=O)C1CC(F)(F)CN1.Cl. The lowest BCUT2D eigenvalue weighted by Gasteiger charge is -2.13. The van der Waals surface area contributed by atoms with E-state index in [4.69, 9.17) is 0 Å². The van der Waals surface area contributed by atoms with Gasteiger partial charge >= 0.3 is 0 Å². The van der Waals surface area contributed by atoms with E-state index in [2.05, 4.69) is 10.6 Å². The fourth-order valence-corrected chi connectivity index (χ4v) is 1.60. The standard InChI is InChI=1S/C9H16F2N2OS.ClH/c1-6(15-2)4-12-8(14)7-3-9(10,11)5-13-7;/h6-7,13H,3-5H2,1-2H3,(H,12,14);1H. The average Bonchev–Trinajstić information content (AvgIpc) is 2.54. The molecule has 0 aromatic carbocycles. The third-order valence-electron chi connectivity index (χ3n) is 2.39. The third-order valence-corrected chi connectivity index (χ3v) is 3.36. The highest BCUT2D eigenvalue weighted by molar-refractivity contribution is 7.99. The number of thioether (sulfide) groups is 1. The first kappa shape index (κ1) is 15.9. The predicted octanol–water partition coefficient (Wildman–Crippen LogP) is 1.27. The lowest BCUT2D eigenvalue weighted by molar-refractivity contribution is -0.123. The molecule has 2 unspecified atom stereocenters. The summed E-state index contributed by atoms with van der Waals surface area (Å²) >= 11 is 1.63. The van der Waals surface area contributed by atoms with E-state index >= 15 is 0 Å². The van der Waals surface area contributed by atoms with Crippen molar-refractivity contribution in [2.75, 3.05) is 19.3 Å². The Kier molecular flexibility index (Phi) is 6.58. The van der Waals surface area contributed by atoms with Gasteiger partial charge in [0.15, 0.2) is 0 Å². The zero-order valence-corrected chi connectivity index (χ0v) is 10.9. The van der Waals surface area contributed by atoms with Gasteiger partial charge in [-0.1, -0.05) is 6.92 Å². The van der Waals surface area contributed by atoms with Crippen molar-refractivity contribution >= 4 is 30.1 Å². The van der Waals surface area contributed by atoms with Crippen LogP contribution in [0.2, 0.25) is 0 Å². The van der Waals surface area contributed by atoms with Crippen LogP contribution in [-0.4, -0.2) is 42.5 Å². The summed E-state index contributed by atoms with van der Waals surface area (Å²) in [5, 5.41) is 5.48. The maximum Gasteiger partial charge on any atom is 0.262 e. The van der Waals surface area contributed by atoms with Gasteiger partial charge < -0.3 is 5.32 Å². The summed E-state index contributed by atoms with van der Waals surface area (Å²) in [6, 6.07) is -0.742. The molecule has 3 nitrogen and oxygen atoms in total. The van der Waals surface area contributed by atoms with Gasteiger partial charge in [0.2, 0.25) is 5.91 Å².